The fourth-order valence-electron chi connectivity index (χ4n) is 3.14. The van der Waals surface area contributed by atoms with Crippen LogP contribution in [0.25, 0.3) is 0 Å². The third-order valence-corrected chi connectivity index (χ3v) is 7.50. The van der Waals surface area contributed by atoms with Gasteiger partial charge in [-0.1, -0.05) is 27.7 Å². The fourth-order valence-corrected chi connectivity index (χ4v) is 5.67. The molecule has 1 fully saturated rings. The second kappa shape index (κ2) is 7.93. The number of hydrogen-bond donors (Lipinski definition) is 1. The molecule has 1 atom stereocenters. The molecule has 1 amide bonds. The van der Waals surface area contributed by atoms with E-state index in [-0.39, 0.29) is 16.2 Å². The first-order valence-corrected chi connectivity index (χ1v) is 11.8. The summed E-state index contributed by atoms with van der Waals surface area (Å²) in [6.07, 6.45) is 1.93. The van der Waals surface area contributed by atoms with Crippen molar-refractivity contribution in [1.29, 1.82) is 0 Å². The Morgan fingerprint density at radius 1 is 1.25 bits per heavy atom. The molecule has 152 valence electrons. The van der Waals surface area contributed by atoms with Crippen LogP contribution in [0.1, 0.15) is 56.6 Å². The number of anilines is 1. The minimum absolute atomic E-state index is 0.0819. The second-order valence-electron chi connectivity index (χ2n) is 8.38. The molecule has 0 bridgehead atoms. The van der Waals surface area contributed by atoms with Crippen molar-refractivity contribution >= 4 is 32.4 Å². The summed E-state index contributed by atoms with van der Waals surface area (Å²) in [4.78, 5) is 17.2. The number of carbonyl (C=O) groups excluding carboxylic acids is 1. The smallest absolute Gasteiger partial charge is 0.257 e. The van der Waals surface area contributed by atoms with Gasteiger partial charge < -0.3 is 0 Å². The Labute approximate surface area is 171 Å². The highest BCUT2D eigenvalue weighted by molar-refractivity contribution is 7.89. The van der Waals surface area contributed by atoms with E-state index in [4.69, 9.17) is 0 Å². The summed E-state index contributed by atoms with van der Waals surface area (Å²) in [6, 6.07) is 6.11. The van der Waals surface area contributed by atoms with Crippen LogP contribution in [0.5, 0.6) is 0 Å². The summed E-state index contributed by atoms with van der Waals surface area (Å²) in [5.74, 6) is 0.0650. The molecule has 3 rings (SSSR count). The van der Waals surface area contributed by atoms with E-state index in [1.807, 2.05) is 5.38 Å². The van der Waals surface area contributed by atoms with Crippen molar-refractivity contribution in [3.05, 3.63) is 40.9 Å². The van der Waals surface area contributed by atoms with Crippen molar-refractivity contribution in [1.82, 2.24) is 9.29 Å². The first-order chi connectivity index (χ1) is 13.1. The van der Waals surface area contributed by atoms with Crippen LogP contribution in [0.4, 0.5) is 5.13 Å². The Bertz CT molecular complexity index is 944. The lowest BCUT2D eigenvalue weighted by molar-refractivity contribution is 0.102. The molecule has 6 nitrogen and oxygen atoms in total. The number of thiazole rings is 1. The van der Waals surface area contributed by atoms with Crippen molar-refractivity contribution < 1.29 is 13.2 Å². The lowest BCUT2D eigenvalue weighted by atomic mass is 9.93. The Morgan fingerprint density at radius 2 is 1.93 bits per heavy atom. The van der Waals surface area contributed by atoms with Gasteiger partial charge in [-0.05, 0) is 43.0 Å². The number of nitrogens with one attached hydrogen (secondary N) is 1. The van der Waals surface area contributed by atoms with E-state index in [2.05, 4.69) is 38.0 Å². The SMILES string of the molecule is CC1CCCN(S(=O)(=O)c2ccc(C(=O)Nc3nc(C(C)(C)C)cs3)cc2)C1. The summed E-state index contributed by atoms with van der Waals surface area (Å²) in [7, 11) is -3.52. The Hall–Kier alpha value is -1.77. The number of carbonyl (C=O) groups is 1. The largest absolute Gasteiger partial charge is 0.298 e. The zero-order chi connectivity index (χ0) is 20.5. The van der Waals surface area contributed by atoms with Crippen molar-refractivity contribution in [2.24, 2.45) is 5.92 Å². The van der Waals surface area contributed by atoms with Gasteiger partial charge in [0.25, 0.3) is 5.91 Å². The second-order valence-corrected chi connectivity index (χ2v) is 11.2. The third-order valence-electron chi connectivity index (χ3n) is 4.87. The maximum Gasteiger partial charge on any atom is 0.257 e. The number of piperidine rings is 1. The highest BCUT2D eigenvalue weighted by atomic mass is 32.2. The van der Waals surface area contributed by atoms with Gasteiger partial charge in [0, 0.05) is 29.4 Å². The molecule has 1 saturated heterocycles. The maximum absolute atomic E-state index is 12.8. The molecule has 0 spiro atoms. The predicted octanol–water partition coefficient (Wildman–Crippen LogP) is 4.11. The van der Waals surface area contributed by atoms with E-state index >= 15 is 0 Å². The summed E-state index contributed by atoms with van der Waals surface area (Å²) in [5.41, 5.74) is 1.24. The van der Waals surface area contributed by atoms with Crippen LogP contribution in [0, 0.1) is 5.92 Å². The van der Waals surface area contributed by atoms with Gasteiger partial charge in [0.1, 0.15) is 0 Å². The fraction of sp³-hybridized carbons (Fsp3) is 0.500. The van der Waals surface area contributed by atoms with Crippen molar-refractivity contribution in [2.45, 2.75) is 50.8 Å². The summed E-state index contributed by atoms with van der Waals surface area (Å²) >= 11 is 1.38. The summed E-state index contributed by atoms with van der Waals surface area (Å²) in [6.45, 7) is 9.36. The third kappa shape index (κ3) is 4.61. The molecule has 1 N–H and O–H groups in total. The summed E-state index contributed by atoms with van der Waals surface area (Å²) < 4.78 is 27.2. The Kier molecular flexibility index (Phi) is 5.93. The van der Waals surface area contributed by atoms with Crippen LogP contribution in [0.3, 0.4) is 0 Å². The molecule has 1 aromatic heterocycles. The highest BCUT2D eigenvalue weighted by Crippen LogP contribution is 2.27. The van der Waals surface area contributed by atoms with Gasteiger partial charge in [-0.3, -0.25) is 10.1 Å². The molecule has 0 saturated carbocycles. The van der Waals surface area contributed by atoms with E-state index in [0.29, 0.717) is 29.7 Å². The summed E-state index contributed by atoms with van der Waals surface area (Å²) in [5, 5.41) is 5.26. The number of nitrogens with zero attached hydrogens (tertiary/aromatic N) is 2. The van der Waals surface area contributed by atoms with Crippen molar-refractivity contribution in [3.8, 4) is 0 Å². The molecule has 1 aromatic carbocycles. The predicted molar refractivity (Wildman–Crippen MR) is 112 cm³/mol. The van der Waals surface area contributed by atoms with Crippen LogP contribution in [-0.2, 0) is 15.4 Å². The molecule has 2 aromatic rings. The number of amides is 1. The van der Waals surface area contributed by atoms with Crippen LogP contribution in [0.15, 0.2) is 34.5 Å². The highest BCUT2D eigenvalue weighted by Gasteiger charge is 2.28. The van der Waals surface area contributed by atoms with Gasteiger partial charge in [0.15, 0.2) is 5.13 Å². The van der Waals surface area contributed by atoms with Gasteiger partial charge >= 0.3 is 0 Å². The first kappa shape index (κ1) is 21.0. The molecule has 1 aliphatic heterocycles. The number of aromatic nitrogens is 1. The van der Waals surface area contributed by atoms with E-state index in [1.54, 1.807) is 16.4 Å². The molecular formula is C20H27N3O3S2. The standard InChI is InChI=1S/C20H27N3O3S2/c1-14-6-5-11-23(12-14)28(25,26)16-9-7-15(8-10-16)18(24)22-19-21-17(13-27-19)20(2,3)4/h7-10,13-14H,5-6,11-12H2,1-4H3,(H,21,22,24). The van der Waals surface area contributed by atoms with Crippen molar-refractivity contribution in [3.63, 3.8) is 0 Å². The maximum atomic E-state index is 12.8. The topological polar surface area (TPSA) is 79.4 Å². The zero-order valence-electron chi connectivity index (χ0n) is 16.7. The lowest BCUT2D eigenvalue weighted by Gasteiger charge is -2.30. The molecule has 2 heterocycles. The average molecular weight is 422 g/mol. The van der Waals surface area contributed by atoms with Gasteiger partial charge in [-0.25, -0.2) is 13.4 Å². The number of sulfonamides is 1. The van der Waals surface area contributed by atoms with E-state index < -0.39 is 10.0 Å². The minimum Gasteiger partial charge on any atom is -0.298 e. The molecule has 1 unspecified atom stereocenters. The molecular weight excluding hydrogens is 394 g/mol. The number of hydrogen-bond acceptors (Lipinski definition) is 5. The lowest BCUT2D eigenvalue weighted by Crippen LogP contribution is -2.39. The van der Waals surface area contributed by atoms with Crippen LogP contribution in [0.2, 0.25) is 0 Å². The average Bonchev–Trinajstić information content (AvgIpc) is 3.11. The minimum atomic E-state index is -3.52. The molecule has 0 aliphatic carbocycles. The monoisotopic (exact) mass is 421 g/mol. The zero-order valence-corrected chi connectivity index (χ0v) is 18.4. The first-order valence-electron chi connectivity index (χ1n) is 9.45. The van der Waals surface area contributed by atoms with Crippen molar-refractivity contribution in [2.75, 3.05) is 18.4 Å². The Morgan fingerprint density at radius 3 is 2.50 bits per heavy atom. The van der Waals surface area contributed by atoms with E-state index in [1.165, 1.54) is 23.5 Å². The molecule has 1 aliphatic rings. The van der Waals surface area contributed by atoms with Gasteiger partial charge in [-0.15, -0.1) is 11.3 Å². The normalized spacial score (nSPS) is 18.8. The molecule has 28 heavy (non-hydrogen) atoms. The quantitative estimate of drug-likeness (QED) is 0.806. The Balaban J connectivity index is 1.71. The van der Waals surface area contributed by atoms with Crippen LogP contribution >= 0.6 is 11.3 Å². The molecule has 0 radical (unpaired) electrons. The van der Waals surface area contributed by atoms with Gasteiger partial charge in [0.05, 0.1) is 10.6 Å². The van der Waals surface area contributed by atoms with E-state index in [9.17, 15) is 13.2 Å². The van der Waals surface area contributed by atoms with E-state index in [0.717, 1.165) is 18.5 Å². The van der Waals surface area contributed by atoms with Gasteiger partial charge in [0.2, 0.25) is 10.0 Å². The number of rotatable bonds is 4. The molecule has 8 heteroatoms. The van der Waals surface area contributed by atoms with Crippen LogP contribution < -0.4 is 5.32 Å². The number of benzene rings is 1. The van der Waals surface area contributed by atoms with Gasteiger partial charge in [-0.2, -0.15) is 4.31 Å². The van der Waals surface area contributed by atoms with Crippen LogP contribution in [-0.4, -0.2) is 36.7 Å².